The van der Waals surface area contributed by atoms with Gasteiger partial charge in [0.05, 0.1) is 22.1 Å². The van der Waals surface area contributed by atoms with Gasteiger partial charge < -0.3 is 10.5 Å². The van der Waals surface area contributed by atoms with Crippen molar-refractivity contribution in [3.63, 3.8) is 0 Å². The van der Waals surface area contributed by atoms with Crippen molar-refractivity contribution < 1.29 is 13.2 Å². The van der Waals surface area contributed by atoms with Gasteiger partial charge in [-0.3, -0.25) is 0 Å². The highest BCUT2D eigenvalue weighted by atomic mass is 32.2. The highest BCUT2D eigenvalue weighted by Gasteiger charge is 2.21. The number of rotatable bonds is 5. The highest BCUT2D eigenvalue weighted by Crippen LogP contribution is 2.28. The van der Waals surface area contributed by atoms with Gasteiger partial charge in [-0.05, 0) is 43.9 Å². The van der Waals surface area contributed by atoms with Crippen molar-refractivity contribution in [1.82, 2.24) is 4.98 Å². The van der Waals surface area contributed by atoms with Gasteiger partial charge in [0.1, 0.15) is 0 Å². The maximum atomic E-state index is 12.3. The fraction of sp³-hybridized carbons (Fsp3) is 0.500. The van der Waals surface area contributed by atoms with Gasteiger partial charge in [0.25, 0.3) is 0 Å². The molecule has 2 aromatic rings. The van der Waals surface area contributed by atoms with Crippen molar-refractivity contribution in [1.29, 1.82) is 0 Å². The number of nitrogens with two attached hydrogens (primary N) is 1. The molecule has 0 bridgehead atoms. The summed E-state index contributed by atoms with van der Waals surface area (Å²) in [5.74, 6) is 0.127. The van der Waals surface area contributed by atoms with Gasteiger partial charge in [0, 0.05) is 12.3 Å². The van der Waals surface area contributed by atoms with Gasteiger partial charge in [0.2, 0.25) is 14.2 Å². The zero-order valence-electron chi connectivity index (χ0n) is 11.6. The molecule has 1 atom stereocenters. The molecule has 3 rings (SSSR count). The van der Waals surface area contributed by atoms with Crippen molar-refractivity contribution in [3.8, 4) is 0 Å². The molecule has 2 N–H and O–H groups in total. The Morgan fingerprint density at radius 3 is 3.05 bits per heavy atom. The topological polar surface area (TPSA) is 82.3 Å². The van der Waals surface area contributed by atoms with E-state index in [4.69, 9.17) is 10.5 Å². The number of fused-ring (bicyclic) bond motifs is 1. The maximum absolute atomic E-state index is 12.3. The quantitative estimate of drug-likeness (QED) is 0.854. The SMILES string of the molecule is Nc1ccc2nc(S(=O)(=O)CCCC3CCCO3)sc2c1. The van der Waals surface area contributed by atoms with Crippen LogP contribution in [0.5, 0.6) is 0 Å². The van der Waals surface area contributed by atoms with Crippen molar-refractivity contribution >= 4 is 37.1 Å². The van der Waals surface area contributed by atoms with E-state index in [1.807, 2.05) is 0 Å². The summed E-state index contributed by atoms with van der Waals surface area (Å²) in [5, 5.41) is 0. The third kappa shape index (κ3) is 3.36. The van der Waals surface area contributed by atoms with Crippen LogP contribution in [0.15, 0.2) is 22.5 Å². The molecule has 5 nitrogen and oxygen atoms in total. The molecule has 0 amide bonds. The molecule has 1 aromatic heterocycles. The molecule has 21 heavy (non-hydrogen) atoms. The van der Waals surface area contributed by atoms with Crippen LogP contribution in [-0.4, -0.2) is 31.9 Å². The van der Waals surface area contributed by atoms with Crippen LogP contribution >= 0.6 is 11.3 Å². The zero-order chi connectivity index (χ0) is 14.9. The monoisotopic (exact) mass is 326 g/mol. The summed E-state index contributed by atoms with van der Waals surface area (Å²) in [6.07, 6.45) is 3.77. The van der Waals surface area contributed by atoms with E-state index >= 15 is 0 Å². The molecule has 0 spiro atoms. The zero-order valence-corrected chi connectivity index (χ0v) is 13.3. The smallest absolute Gasteiger partial charge is 0.210 e. The average Bonchev–Trinajstić information content (AvgIpc) is 3.06. The Labute approximate surface area is 128 Å². The molecule has 114 valence electrons. The molecular weight excluding hydrogens is 308 g/mol. The maximum Gasteiger partial charge on any atom is 0.210 e. The number of thiazole rings is 1. The lowest BCUT2D eigenvalue weighted by atomic mass is 10.1. The van der Waals surface area contributed by atoms with E-state index < -0.39 is 9.84 Å². The van der Waals surface area contributed by atoms with Crippen LogP contribution in [0.4, 0.5) is 5.69 Å². The molecule has 1 aliphatic rings. The normalized spacial score (nSPS) is 19.3. The summed E-state index contributed by atoms with van der Waals surface area (Å²) in [6, 6.07) is 5.25. The summed E-state index contributed by atoms with van der Waals surface area (Å²) >= 11 is 1.19. The van der Waals surface area contributed by atoms with Gasteiger partial charge in [-0.15, -0.1) is 11.3 Å². The van der Waals surface area contributed by atoms with Crippen LogP contribution in [0, 0.1) is 0 Å². The highest BCUT2D eigenvalue weighted by molar-refractivity contribution is 7.93. The average molecular weight is 326 g/mol. The number of ether oxygens (including phenoxy) is 1. The molecular formula is C14H18N2O3S2. The fourth-order valence-electron chi connectivity index (χ4n) is 2.51. The minimum absolute atomic E-state index is 0.127. The summed E-state index contributed by atoms with van der Waals surface area (Å²) in [6.45, 7) is 0.802. The molecule has 1 aromatic carbocycles. The number of benzene rings is 1. The van der Waals surface area contributed by atoms with Crippen molar-refractivity contribution in [3.05, 3.63) is 18.2 Å². The lowest BCUT2D eigenvalue weighted by Crippen LogP contribution is -2.11. The standard InChI is InChI=1S/C14H18N2O3S2/c15-10-5-6-12-13(9-10)20-14(16-12)21(17,18)8-2-4-11-3-1-7-19-11/h5-6,9,11H,1-4,7-8,15H2. The number of anilines is 1. The van der Waals surface area contributed by atoms with E-state index in [1.54, 1.807) is 18.2 Å². The van der Waals surface area contributed by atoms with Gasteiger partial charge in [0.15, 0.2) is 0 Å². The number of sulfone groups is 1. The van der Waals surface area contributed by atoms with Crippen LogP contribution < -0.4 is 5.73 Å². The van der Waals surface area contributed by atoms with Gasteiger partial charge >= 0.3 is 0 Å². The molecule has 0 radical (unpaired) electrons. The second-order valence-corrected chi connectivity index (χ2v) is 8.62. The van der Waals surface area contributed by atoms with Crippen molar-refractivity contribution in [2.45, 2.75) is 36.1 Å². The van der Waals surface area contributed by atoms with Gasteiger partial charge in [-0.25, -0.2) is 13.4 Å². The lowest BCUT2D eigenvalue weighted by Gasteiger charge is -2.08. The Morgan fingerprint density at radius 2 is 2.29 bits per heavy atom. The Morgan fingerprint density at radius 1 is 1.43 bits per heavy atom. The van der Waals surface area contributed by atoms with E-state index in [0.717, 1.165) is 30.6 Å². The number of hydrogen-bond donors (Lipinski definition) is 1. The third-order valence-corrected chi connectivity index (χ3v) is 6.90. The van der Waals surface area contributed by atoms with Crippen LogP contribution in [0.25, 0.3) is 10.2 Å². The predicted molar refractivity (Wildman–Crippen MR) is 84.3 cm³/mol. The first-order chi connectivity index (χ1) is 10.0. The summed E-state index contributed by atoms with van der Waals surface area (Å²) in [7, 11) is -3.32. The molecule has 1 saturated heterocycles. The summed E-state index contributed by atoms with van der Waals surface area (Å²) in [4.78, 5) is 4.22. The second kappa shape index (κ2) is 5.90. The predicted octanol–water partition coefficient (Wildman–Crippen LogP) is 2.61. The summed E-state index contributed by atoms with van der Waals surface area (Å²) < 4.78 is 31.2. The Balaban J connectivity index is 1.70. The molecule has 2 heterocycles. The molecule has 0 aliphatic carbocycles. The molecule has 1 aliphatic heterocycles. The van der Waals surface area contributed by atoms with Crippen molar-refractivity contribution in [2.75, 3.05) is 18.1 Å². The van der Waals surface area contributed by atoms with E-state index in [1.165, 1.54) is 11.3 Å². The summed E-state index contributed by atoms with van der Waals surface area (Å²) in [5.41, 5.74) is 7.01. The first-order valence-corrected chi connectivity index (χ1v) is 9.52. The van der Waals surface area contributed by atoms with E-state index in [-0.39, 0.29) is 16.2 Å². The van der Waals surface area contributed by atoms with E-state index in [9.17, 15) is 8.42 Å². The molecule has 7 heteroatoms. The first kappa shape index (κ1) is 14.7. The minimum Gasteiger partial charge on any atom is -0.399 e. The molecule has 1 unspecified atom stereocenters. The van der Waals surface area contributed by atoms with Crippen LogP contribution in [-0.2, 0) is 14.6 Å². The van der Waals surface area contributed by atoms with Gasteiger partial charge in [-0.2, -0.15) is 0 Å². The number of hydrogen-bond acceptors (Lipinski definition) is 6. The van der Waals surface area contributed by atoms with Crippen LogP contribution in [0.3, 0.4) is 0 Å². The number of aromatic nitrogens is 1. The lowest BCUT2D eigenvalue weighted by molar-refractivity contribution is 0.104. The molecule has 1 fully saturated rings. The Hall–Kier alpha value is -1.18. The third-order valence-electron chi connectivity index (χ3n) is 3.62. The number of nitrogens with zero attached hydrogens (tertiary/aromatic N) is 1. The van der Waals surface area contributed by atoms with Crippen LogP contribution in [0.2, 0.25) is 0 Å². The van der Waals surface area contributed by atoms with Crippen molar-refractivity contribution in [2.24, 2.45) is 0 Å². The Kier molecular flexibility index (Phi) is 4.14. The number of nitrogen functional groups attached to an aromatic ring is 1. The Bertz CT molecular complexity index is 734. The second-order valence-electron chi connectivity index (χ2n) is 5.30. The minimum atomic E-state index is -3.32. The van der Waals surface area contributed by atoms with E-state index in [0.29, 0.717) is 17.6 Å². The largest absolute Gasteiger partial charge is 0.399 e. The van der Waals surface area contributed by atoms with E-state index in [2.05, 4.69) is 4.98 Å². The first-order valence-electron chi connectivity index (χ1n) is 7.05. The van der Waals surface area contributed by atoms with Gasteiger partial charge in [-0.1, -0.05) is 0 Å². The van der Waals surface area contributed by atoms with Crippen LogP contribution in [0.1, 0.15) is 25.7 Å². The molecule has 0 saturated carbocycles. The fourth-order valence-corrected chi connectivity index (χ4v) is 5.24.